The van der Waals surface area contributed by atoms with E-state index in [1.54, 1.807) is 6.33 Å². The maximum atomic E-state index is 4.58. The summed E-state index contributed by atoms with van der Waals surface area (Å²) in [4.78, 5) is 14.9. The van der Waals surface area contributed by atoms with E-state index in [1.807, 2.05) is 42.9 Å². The van der Waals surface area contributed by atoms with Gasteiger partial charge in [0, 0.05) is 31.4 Å². The van der Waals surface area contributed by atoms with E-state index in [0.717, 1.165) is 18.5 Å². The highest BCUT2D eigenvalue weighted by atomic mass is 15.2. The molecule has 0 aliphatic carbocycles. The van der Waals surface area contributed by atoms with Crippen LogP contribution in [0.2, 0.25) is 0 Å². The zero-order valence-electron chi connectivity index (χ0n) is 11.1. The molecule has 2 aromatic rings. The molecule has 20 heavy (non-hydrogen) atoms. The van der Waals surface area contributed by atoms with Crippen molar-refractivity contribution >= 4 is 6.21 Å². The van der Waals surface area contributed by atoms with Gasteiger partial charge < -0.3 is 4.90 Å². The largest absolute Gasteiger partial charge is 0.352 e. The van der Waals surface area contributed by atoms with Gasteiger partial charge in [-0.3, -0.25) is 4.99 Å². The molecule has 1 aliphatic rings. The standard InChI is InChI=1S/C16H16N4/c1-2-5-15(6-3-1)16-19-8-4-9-20(16)10-7-14-11-17-13-18-12-14/h1-6,8-9,11-13,16H,7,10H2. The smallest absolute Gasteiger partial charge is 0.146 e. The van der Waals surface area contributed by atoms with Crippen LogP contribution in [-0.4, -0.2) is 27.6 Å². The van der Waals surface area contributed by atoms with Crippen LogP contribution < -0.4 is 0 Å². The van der Waals surface area contributed by atoms with E-state index in [-0.39, 0.29) is 6.17 Å². The summed E-state index contributed by atoms with van der Waals surface area (Å²) in [6.45, 7) is 0.890. The van der Waals surface area contributed by atoms with Crippen LogP contribution in [-0.2, 0) is 6.42 Å². The fraction of sp³-hybridized carbons (Fsp3) is 0.188. The minimum absolute atomic E-state index is 0.0610. The normalized spacial score (nSPS) is 17.4. The number of benzene rings is 1. The molecule has 4 heteroatoms. The Labute approximate surface area is 118 Å². The van der Waals surface area contributed by atoms with Crippen molar-refractivity contribution < 1.29 is 0 Å². The van der Waals surface area contributed by atoms with Gasteiger partial charge in [-0.2, -0.15) is 0 Å². The number of allylic oxidation sites excluding steroid dienone is 1. The van der Waals surface area contributed by atoms with E-state index in [9.17, 15) is 0 Å². The van der Waals surface area contributed by atoms with Gasteiger partial charge >= 0.3 is 0 Å². The van der Waals surface area contributed by atoms with Gasteiger partial charge in [-0.05, 0) is 23.6 Å². The third-order valence-electron chi connectivity index (χ3n) is 3.28. The van der Waals surface area contributed by atoms with E-state index in [0.29, 0.717) is 0 Å². The van der Waals surface area contributed by atoms with E-state index < -0.39 is 0 Å². The molecule has 4 nitrogen and oxygen atoms in total. The first kappa shape index (κ1) is 12.5. The predicted molar refractivity (Wildman–Crippen MR) is 79.3 cm³/mol. The van der Waals surface area contributed by atoms with E-state index in [2.05, 4.69) is 38.2 Å². The van der Waals surface area contributed by atoms with Crippen LogP contribution in [0.1, 0.15) is 17.3 Å². The molecule has 0 saturated carbocycles. The summed E-state index contributed by atoms with van der Waals surface area (Å²) < 4.78 is 0. The van der Waals surface area contributed by atoms with Crippen molar-refractivity contribution in [2.75, 3.05) is 6.54 Å². The summed E-state index contributed by atoms with van der Waals surface area (Å²) in [5.74, 6) is 0. The van der Waals surface area contributed by atoms with Gasteiger partial charge in [0.25, 0.3) is 0 Å². The monoisotopic (exact) mass is 264 g/mol. The van der Waals surface area contributed by atoms with Gasteiger partial charge in [0.1, 0.15) is 12.5 Å². The highest BCUT2D eigenvalue weighted by Crippen LogP contribution is 2.24. The molecular formula is C16H16N4. The Morgan fingerprint density at radius 3 is 2.65 bits per heavy atom. The Morgan fingerprint density at radius 2 is 1.85 bits per heavy atom. The van der Waals surface area contributed by atoms with Gasteiger partial charge in [0.05, 0.1) is 0 Å². The zero-order valence-corrected chi connectivity index (χ0v) is 11.1. The molecule has 1 aromatic carbocycles. The Balaban J connectivity index is 1.71. The summed E-state index contributed by atoms with van der Waals surface area (Å²) in [5, 5.41) is 0. The van der Waals surface area contributed by atoms with Crippen molar-refractivity contribution in [1.29, 1.82) is 0 Å². The molecule has 2 heterocycles. The van der Waals surface area contributed by atoms with Crippen molar-refractivity contribution in [3.8, 4) is 0 Å². The van der Waals surface area contributed by atoms with Crippen molar-refractivity contribution in [2.24, 2.45) is 4.99 Å². The lowest BCUT2D eigenvalue weighted by atomic mass is 10.1. The van der Waals surface area contributed by atoms with Gasteiger partial charge in [0.15, 0.2) is 0 Å². The van der Waals surface area contributed by atoms with Gasteiger partial charge in [-0.1, -0.05) is 30.3 Å². The van der Waals surface area contributed by atoms with Gasteiger partial charge in [-0.15, -0.1) is 0 Å². The molecule has 3 rings (SSSR count). The molecule has 0 N–H and O–H groups in total. The van der Waals surface area contributed by atoms with E-state index in [1.165, 1.54) is 5.56 Å². The molecule has 1 unspecified atom stereocenters. The molecule has 100 valence electrons. The lowest BCUT2D eigenvalue weighted by Crippen LogP contribution is -2.26. The number of rotatable bonds is 4. The molecule has 0 bridgehead atoms. The molecule has 0 spiro atoms. The number of hydrogen-bond donors (Lipinski definition) is 0. The second kappa shape index (κ2) is 6.10. The number of aromatic nitrogens is 2. The lowest BCUT2D eigenvalue weighted by Gasteiger charge is -2.29. The predicted octanol–water partition coefficient (Wildman–Crippen LogP) is 2.62. The molecule has 1 atom stereocenters. The van der Waals surface area contributed by atoms with Crippen LogP contribution in [0.3, 0.4) is 0 Å². The fourth-order valence-corrected chi connectivity index (χ4v) is 2.26. The minimum Gasteiger partial charge on any atom is -0.352 e. The van der Waals surface area contributed by atoms with Gasteiger partial charge in [0.2, 0.25) is 0 Å². The first-order chi connectivity index (χ1) is 9.93. The summed E-state index contributed by atoms with van der Waals surface area (Å²) >= 11 is 0. The van der Waals surface area contributed by atoms with Crippen LogP contribution in [0.4, 0.5) is 0 Å². The third-order valence-corrected chi connectivity index (χ3v) is 3.28. The lowest BCUT2D eigenvalue weighted by molar-refractivity contribution is 0.289. The summed E-state index contributed by atoms with van der Waals surface area (Å²) in [7, 11) is 0. The number of aliphatic imine (C=N–C) groups is 1. The van der Waals surface area contributed by atoms with Gasteiger partial charge in [-0.25, -0.2) is 9.97 Å². The van der Waals surface area contributed by atoms with Crippen LogP contribution in [0, 0.1) is 0 Å². The fourth-order valence-electron chi connectivity index (χ4n) is 2.26. The minimum atomic E-state index is 0.0610. The van der Waals surface area contributed by atoms with E-state index >= 15 is 0 Å². The maximum absolute atomic E-state index is 4.58. The Hall–Kier alpha value is -2.49. The van der Waals surface area contributed by atoms with Crippen LogP contribution in [0.15, 0.2) is 66.3 Å². The third kappa shape index (κ3) is 2.91. The van der Waals surface area contributed by atoms with Crippen LogP contribution in [0.25, 0.3) is 0 Å². The molecule has 0 radical (unpaired) electrons. The average Bonchev–Trinajstić information content (AvgIpc) is 2.55. The average molecular weight is 264 g/mol. The Bertz CT molecular complexity index is 592. The Morgan fingerprint density at radius 1 is 1.05 bits per heavy atom. The molecule has 1 aliphatic heterocycles. The summed E-state index contributed by atoms with van der Waals surface area (Å²) in [5.41, 5.74) is 2.35. The van der Waals surface area contributed by atoms with Crippen LogP contribution >= 0.6 is 0 Å². The molecule has 0 fully saturated rings. The highest BCUT2D eigenvalue weighted by molar-refractivity contribution is 5.72. The Kier molecular flexibility index (Phi) is 3.83. The van der Waals surface area contributed by atoms with Crippen LogP contribution in [0.5, 0.6) is 0 Å². The van der Waals surface area contributed by atoms with Crippen molar-refractivity contribution in [1.82, 2.24) is 14.9 Å². The molecular weight excluding hydrogens is 248 g/mol. The number of nitrogens with zero attached hydrogens (tertiary/aromatic N) is 4. The first-order valence-corrected chi connectivity index (χ1v) is 6.68. The number of hydrogen-bond acceptors (Lipinski definition) is 4. The summed E-state index contributed by atoms with van der Waals surface area (Å²) in [6, 6.07) is 10.3. The van der Waals surface area contributed by atoms with Crippen molar-refractivity contribution in [2.45, 2.75) is 12.6 Å². The topological polar surface area (TPSA) is 41.4 Å². The maximum Gasteiger partial charge on any atom is 0.146 e. The molecule has 0 amide bonds. The quantitative estimate of drug-likeness (QED) is 0.852. The summed E-state index contributed by atoms with van der Waals surface area (Å²) in [6.07, 6.45) is 12.2. The van der Waals surface area contributed by atoms with E-state index in [4.69, 9.17) is 0 Å². The molecule has 1 aromatic heterocycles. The second-order valence-electron chi connectivity index (χ2n) is 4.66. The van der Waals surface area contributed by atoms with Crippen molar-refractivity contribution in [3.63, 3.8) is 0 Å². The SMILES string of the molecule is C1=CN(CCc2cncnc2)C(c2ccccc2)N=C1. The van der Waals surface area contributed by atoms with Crippen molar-refractivity contribution in [3.05, 3.63) is 72.5 Å². The zero-order chi connectivity index (χ0) is 13.6. The second-order valence-corrected chi connectivity index (χ2v) is 4.66. The highest BCUT2D eigenvalue weighted by Gasteiger charge is 2.17. The first-order valence-electron chi connectivity index (χ1n) is 6.68. The molecule has 0 saturated heterocycles.